The average molecular weight is 300 g/mol. The van der Waals surface area contributed by atoms with Gasteiger partial charge in [0.1, 0.15) is 0 Å². The molecule has 7 nitrogen and oxygen atoms in total. The van der Waals surface area contributed by atoms with Gasteiger partial charge in [0.2, 0.25) is 0 Å². The lowest BCUT2D eigenvalue weighted by atomic mass is 9.97. The second-order valence-corrected chi connectivity index (χ2v) is 5.26. The first kappa shape index (κ1) is 14.2. The van der Waals surface area contributed by atoms with Crippen molar-refractivity contribution in [3.05, 3.63) is 42.2 Å². The smallest absolute Gasteiger partial charge is 0.308 e. The highest BCUT2D eigenvalue weighted by Gasteiger charge is 2.29. The molecule has 1 amide bonds. The number of carbonyl (C=O) groups is 2. The van der Waals surface area contributed by atoms with Gasteiger partial charge >= 0.3 is 5.97 Å². The zero-order valence-corrected chi connectivity index (χ0v) is 11.9. The summed E-state index contributed by atoms with van der Waals surface area (Å²) in [7, 11) is 0. The van der Waals surface area contributed by atoms with Crippen molar-refractivity contribution in [1.29, 1.82) is 0 Å². The summed E-state index contributed by atoms with van der Waals surface area (Å²) in [6.07, 6.45) is 4.40. The zero-order valence-electron chi connectivity index (χ0n) is 11.9. The topological polar surface area (TPSA) is 88.3 Å². The van der Waals surface area contributed by atoms with Crippen LogP contribution in [0.5, 0.6) is 0 Å². The van der Waals surface area contributed by atoms with Crippen molar-refractivity contribution in [2.75, 3.05) is 13.1 Å². The molecule has 0 radical (unpaired) electrons. The largest absolute Gasteiger partial charge is 0.481 e. The van der Waals surface area contributed by atoms with Crippen LogP contribution < -0.4 is 0 Å². The number of aromatic nitrogens is 3. The summed E-state index contributed by atoms with van der Waals surface area (Å²) < 4.78 is 0. The van der Waals surface area contributed by atoms with E-state index in [1.165, 1.54) is 4.80 Å². The van der Waals surface area contributed by atoms with Crippen LogP contribution in [-0.2, 0) is 4.79 Å². The van der Waals surface area contributed by atoms with Crippen molar-refractivity contribution in [3.63, 3.8) is 0 Å². The van der Waals surface area contributed by atoms with Gasteiger partial charge in [0, 0.05) is 13.1 Å². The van der Waals surface area contributed by atoms with E-state index in [0.717, 1.165) is 0 Å². The Morgan fingerprint density at radius 3 is 2.64 bits per heavy atom. The third kappa shape index (κ3) is 2.69. The van der Waals surface area contributed by atoms with Crippen LogP contribution in [0.3, 0.4) is 0 Å². The maximum atomic E-state index is 12.7. The van der Waals surface area contributed by atoms with E-state index in [1.807, 2.05) is 6.07 Å². The number of carbonyl (C=O) groups excluding carboxylic acids is 1. The Kier molecular flexibility index (Phi) is 3.86. The first-order valence-electron chi connectivity index (χ1n) is 7.14. The molecule has 1 aromatic heterocycles. The molecule has 1 atom stereocenters. The van der Waals surface area contributed by atoms with Crippen LogP contribution in [0.2, 0.25) is 0 Å². The number of benzene rings is 1. The lowest BCUT2D eigenvalue weighted by Crippen LogP contribution is -2.42. The van der Waals surface area contributed by atoms with Gasteiger partial charge in [0.15, 0.2) is 0 Å². The van der Waals surface area contributed by atoms with E-state index in [0.29, 0.717) is 30.6 Å². The molecule has 0 bridgehead atoms. The fourth-order valence-electron chi connectivity index (χ4n) is 2.70. The number of carboxylic acids is 1. The van der Waals surface area contributed by atoms with Crippen molar-refractivity contribution in [1.82, 2.24) is 19.9 Å². The Hall–Kier alpha value is -2.70. The number of aliphatic carboxylic acids is 1. The second kappa shape index (κ2) is 5.97. The van der Waals surface area contributed by atoms with E-state index in [9.17, 15) is 9.59 Å². The molecular formula is C15H16N4O3. The van der Waals surface area contributed by atoms with Crippen molar-refractivity contribution in [2.45, 2.75) is 12.8 Å². The number of para-hydroxylation sites is 1. The maximum Gasteiger partial charge on any atom is 0.308 e. The summed E-state index contributed by atoms with van der Waals surface area (Å²) in [6.45, 7) is 0.818. The molecule has 2 aromatic rings. The van der Waals surface area contributed by atoms with Crippen molar-refractivity contribution >= 4 is 11.9 Å². The van der Waals surface area contributed by atoms with E-state index in [1.54, 1.807) is 35.5 Å². The van der Waals surface area contributed by atoms with Gasteiger partial charge in [-0.3, -0.25) is 9.59 Å². The predicted molar refractivity (Wildman–Crippen MR) is 77.6 cm³/mol. The number of likely N-dealkylation sites (tertiary alicyclic amines) is 1. The highest BCUT2D eigenvalue weighted by molar-refractivity contribution is 5.98. The first-order chi connectivity index (χ1) is 10.7. The SMILES string of the molecule is O=C(O)C1CCCN(C(=O)c2ccccc2-n2nccn2)C1. The average Bonchev–Trinajstić information content (AvgIpc) is 3.08. The highest BCUT2D eigenvalue weighted by Crippen LogP contribution is 2.21. The van der Waals surface area contributed by atoms with Gasteiger partial charge in [-0.15, -0.1) is 0 Å². The lowest BCUT2D eigenvalue weighted by Gasteiger charge is -2.31. The van der Waals surface area contributed by atoms with Crippen molar-refractivity contribution < 1.29 is 14.7 Å². The van der Waals surface area contributed by atoms with Crippen LogP contribution >= 0.6 is 0 Å². The molecule has 1 aliphatic heterocycles. The molecule has 114 valence electrons. The normalized spacial score (nSPS) is 18.2. The molecule has 1 unspecified atom stereocenters. The Balaban J connectivity index is 1.88. The summed E-state index contributed by atoms with van der Waals surface area (Å²) >= 11 is 0. The molecule has 7 heteroatoms. The van der Waals surface area contributed by atoms with E-state index in [4.69, 9.17) is 5.11 Å². The Morgan fingerprint density at radius 1 is 1.18 bits per heavy atom. The number of carboxylic acid groups (broad SMARTS) is 1. The number of hydrogen-bond acceptors (Lipinski definition) is 4. The predicted octanol–water partition coefficient (Wildman–Crippen LogP) is 1.20. The molecule has 1 N–H and O–H groups in total. The third-order valence-corrected chi connectivity index (χ3v) is 3.83. The van der Waals surface area contributed by atoms with Crippen molar-refractivity contribution in [3.8, 4) is 5.69 Å². The molecule has 0 aliphatic carbocycles. The van der Waals surface area contributed by atoms with Gasteiger partial charge in [0.25, 0.3) is 5.91 Å². The van der Waals surface area contributed by atoms with E-state index in [-0.39, 0.29) is 12.5 Å². The molecule has 2 heterocycles. The minimum absolute atomic E-state index is 0.182. The summed E-state index contributed by atoms with van der Waals surface area (Å²) in [6, 6.07) is 7.07. The standard InChI is InChI=1S/C15H16N4O3/c20-14(18-9-3-4-11(10-18)15(21)22)12-5-1-2-6-13(12)19-16-7-8-17-19/h1-2,5-8,11H,3-4,9-10H2,(H,21,22). The van der Waals surface area contributed by atoms with Crippen LogP contribution in [0, 0.1) is 5.92 Å². The van der Waals surface area contributed by atoms with Crippen LogP contribution in [0.4, 0.5) is 0 Å². The first-order valence-corrected chi connectivity index (χ1v) is 7.14. The van der Waals surface area contributed by atoms with Gasteiger partial charge in [0.05, 0.1) is 29.6 Å². The molecule has 3 rings (SSSR count). The summed E-state index contributed by atoms with van der Waals surface area (Å²) in [5, 5.41) is 17.3. The molecule has 0 saturated carbocycles. The van der Waals surface area contributed by atoms with Gasteiger partial charge in [-0.05, 0) is 25.0 Å². The second-order valence-electron chi connectivity index (χ2n) is 5.26. The number of rotatable bonds is 3. The number of hydrogen-bond donors (Lipinski definition) is 1. The molecule has 1 fully saturated rings. The molecule has 0 spiro atoms. The molecular weight excluding hydrogens is 284 g/mol. The fourth-order valence-corrected chi connectivity index (χ4v) is 2.70. The molecule has 1 aliphatic rings. The van der Waals surface area contributed by atoms with E-state index >= 15 is 0 Å². The van der Waals surface area contributed by atoms with Crippen LogP contribution in [0.1, 0.15) is 23.2 Å². The number of amides is 1. The van der Waals surface area contributed by atoms with Gasteiger partial charge in [-0.25, -0.2) is 0 Å². The van der Waals surface area contributed by atoms with Crippen molar-refractivity contribution in [2.24, 2.45) is 5.92 Å². The van der Waals surface area contributed by atoms with Crippen LogP contribution in [-0.4, -0.2) is 50.0 Å². The Morgan fingerprint density at radius 2 is 1.91 bits per heavy atom. The molecule has 1 saturated heterocycles. The Bertz CT molecular complexity index is 684. The third-order valence-electron chi connectivity index (χ3n) is 3.83. The Labute approximate surface area is 127 Å². The molecule has 1 aromatic carbocycles. The monoisotopic (exact) mass is 300 g/mol. The van der Waals surface area contributed by atoms with Gasteiger partial charge in [-0.1, -0.05) is 12.1 Å². The minimum atomic E-state index is -0.848. The minimum Gasteiger partial charge on any atom is -0.481 e. The lowest BCUT2D eigenvalue weighted by molar-refractivity contribution is -0.143. The van der Waals surface area contributed by atoms with Gasteiger partial charge < -0.3 is 10.0 Å². The van der Waals surface area contributed by atoms with Crippen LogP contribution in [0.15, 0.2) is 36.7 Å². The maximum absolute atomic E-state index is 12.7. The number of nitrogens with zero attached hydrogens (tertiary/aromatic N) is 4. The van der Waals surface area contributed by atoms with Gasteiger partial charge in [-0.2, -0.15) is 15.0 Å². The van der Waals surface area contributed by atoms with Crippen LogP contribution in [0.25, 0.3) is 5.69 Å². The molecule has 22 heavy (non-hydrogen) atoms. The summed E-state index contributed by atoms with van der Waals surface area (Å²) in [5.41, 5.74) is 1.07. The number of piperidine rings is 1. The van der Waals surface area contributed by atoms with E-state index in [2.05, 4.69) is 10.2 Å². The highest BCUT2D eigenvalue weighted by atomic mass is 16.4. The fraction of sp³-hybridized carbons (Fsp3) is 0.333. The van der Waals surface area contributed by atoms with E-state index < -0.39 is 11.9 Å². The summed E-state index contributed by atoms with van der Waals surface area (Å²) in [5.74, 6) is -1.52. The summed E-state index contributed by atoms with van der Waals surface area (Å²) in [4.78, 5) is 26.9. The zero-order chi connectivity index (χ0) is 15.5. The quantitative estimate of drug-likeness (QED) is 0.920.